The Hall–Kier alpha value is -0.400. The van der Waals surface area contributed by atoms with E-state index in [2.05, 4.69) is 38.2 Å². The largest absolute Gasteiger partial charge is 0.309 e. The molecule has 1 saturated heterocycles. The molecule has 0 aliphatic carbocycles. The molecule has 1 aromatic heterocycles. The highest BCUT2D eigenvalue weighted by atomic mass is 127. The van der Waals surface area contributed by atoms with Crippen molar-refractivity contribution in [3.8, 4) is 0 Å². The Balaban J connectivity index is 0.00000144. The van der Waals surface area contributed by atoms with E-state index in [9.17, 15) is 4.79 Å². The summed E-state index contributed by atoms with van der Waals surface area (Å²) < 4.78 is 1.11. The lowest BCUT2D eigenvalue weighted by Crippen LogP contribution is -2.35. The van der Waals surface area contributed by atoms with Gasteiger partial charge in [-0.2, -0.15) is 0 Å². The Kier molecular flexibility index (Phi) is 5.61. The monoisotopic (exact) mass is 367 g/mol. The Labute approximate surface area is 121 Å². The van der Waals surface area contributed by atoms with Crippen LogP contribution < -0.4 is 10.6 Å². The van der Waals surface area contributed by atoms with E-state index in [1.165, 1.54) is 0 Å². The van der Waals surface area contributed by atoms with Crippen molar-refractivity contribution < 1.29 is 4.79 Å². The van der Waals surface area contributed by atoms with Gasteiger partial charge < -0.3 is 10.6 Å². The Morgan fingerprint density at radius 3 is 2.94 bits per heavy atom. The second-order valence-electron chi connectivity index (χ2n) is 3.90. The average Bonchev–Trinajstić information content (AvgIpc) is 2.77. The second kappa shape index (κ2) is 6.51. The van der Waals surface area contributed by atoms with Crippen molar-refractivity contribution in [1.82, 2.24) is 10.3 Å². The van der Waals surface area contributed by atoms with Crippen molar-refractivity contribution in [3.63, 3.8) is 0 Å². The number of hydrogen-bond donors (Lipinski definition) is 2. The molecule has 6 heteroatoms. The normalized spacial score (nSPS) is 18.6. The van der Waals surface area contributed by atoms with E-state index >= 15 is 0 Å². The summed E-state index contributed by atoms with van der Waals surface area (Å²) in [6, 6.07) is 3.74. The number of carbonyl (C=O) groups excluding carboxylic acids is 1. The molecule has 0 radical (unpaired) electrons. The van der Waals surface area contributed by atoms with Crippen LogP contribution in [0.1, 0.15) is 18.5 Å². The van der Waals surface area contributed by atoms with Crippen molar-refractivity contribution in [2.45, 2.75) is 25.8 Å². The van der Waals surface area contributed by atoms with Crippen LogP contribution in [0.2, 0.25) is 0 Å². The number of aryl methyl sites for hydroxylation is 1. The summed E-state index contributed by atoms with van der Waals surface area (Å²) in [7, 11) is 0. The molecule has 2 N–H and O–H groups in total. The Morgan fingerprint density at radius 2 is 2.35 bits per heavy atom. The Bertz CT molecular complexity index is 408. The summed E-state index contributed by atoms with van der Waals surface area (Å²) in [5.74, 6) is 0.655. The SMILES string of the molecule is Cc1nc(NC(=O)C2CCCN2)ccc1I.Cl. The van der Waals surface area contributed by atoms with Gasteiger partial charge in [0.1, 0.15) is 5.82 Å². The van der Waals surface area contributed by atoms with Crippen LogP contribution >= 0.6 is 35.0 Å². The fourth-order valence-electron chi connectivity index (χ4n) is 1.74. The van der Waals surface area contributed by atoms with Gasteiger partial charge in [0.2, 0.25) is 5.91 Å². The van der Waals surface area contributed by atoms with Crippen molar-refractivity contribution >= 4 is 46.7 Å². The number of nitrogens with one attached hydrogen (secondary N) is 2. The molecule has 1 unspecified atom stereocenters. The molecule has 17 heavy (non-hydrogen) atoms. The minimum absolute atomic E-state index is 0. The van der Waals surface area contributed by atoms with Gasteiger partial charge in [0, 0.05) is 3.57 Å². The van der Waals surface area contributed by atoms with Gasteiger partial charge in [-0.1, -0.05) is 0 Å². The predicted octanol–water partition coefficient (Wildman–Crippen LogP) is 2.11. The number of amides is 1. The lowest BCUT2D eigenvalue weighted by Gasteiger charge is -2.11. The summed E-state index contributed by atoms with van der Waals surface area (Å²) in [5, 5.41) is 6.00. The van der Waals surface area contributed by atoms with E-state index in [0.29, 0.717) is 5.82 Å². The number of hydrogen-bond acceptors (Lipinski definition) is 3. The molecule has 0 bridgehead atoms. The molecule has 1 amide bonds. The highest BCUT2D eigenvalue weighted by molar-refractivity contribution is 14.1. The van der Waals surface area contributed by atoms with Crippen molar-refractivity contribution in [2.75, 3.05) is 11.9 Å². The molecule has 2 rings (SSSR count). The third-order valence-electron chi connectivity index (χ3n) is 2.65. The summed E-state index contributed by atoms with van der Waals surface area (Å²) in [6.07, 6.45) is 1.98. The molecule has 0 aromatic carbocycles. The van der Waals surface area contributed by atoms with Crippen LogP contribution in [0.15, 0.2) is 12.1 Å². The molecule has 4 nitrogen and oxygen atoms in total. The predicted molar refractivity (Wildman–Crippen MR) is 78.6 cm³/mol. The quantitative estimate of drug-likeness (QED) is 0.787. The van der Waals surface area contributed by atoms with Crippen molar-refractivity contribution in [1.29, 1.82) is 0 Å². The molecule has 1 aliphatic heterocycles. The highest BCUT2D eigenvalue weighted by Crippen LogP contribution is 2.13. The summed E-state index contributed by atoms with van der Waals surface area (Å²) in [6.45, 7) is 2.86. The summed E-state index contributed by atoms with van der Waals surface area (Å²) in [5.41, 5.74) is 0.942. The van der Waals surface area contributed by atoms with Gasteiger partial charge >= 0.3 is 0 Å². The number of carbonyl (C=O) groups is 1. The Morgan fingerprint density at radius 1 is 1.59 bits per heavy atom. The van der Waals surface area contributed by atoms with Crippen LogP contribution in [0.5, 0.6) is 0 Å². The number of rotatable bonds is 2. The first-order valence-corrected chi connectivity index (χ1v) is 6.42. The minimum Gasteiger partial charge on any atom is -0.309 e. The van der Waals surface area contributed by atoms with Crippen LogP contribution in [0, 0.1) is 10.5 Å². The molecule has 1 aliphatic rings. The smallest absolute Gasteiger partial charge is 0.242 e. The summed E-state index contributed by atoms with van der Waals surface area (Å²) >= 11 is 2.23. The van der Waals surface area contributed by atoms with Crippen LogP contribution in [0.4, 0.5) is 5.82 Å². The van der Waals surface area contributed by atoms with Crippen LogP contribution in [0.3, 0.4) is 0 Å². The third kappa shape index (κ3) is 3.79. The molecule has 94 valence electrons. The average molecular weight is 368 g/mol. The second-order valence-corrected chi connectivity index (χ2v) is 5.06. The number of pyridine rings is 1. The van der Waals surface area contributed by atoms with Gasteiger partial charge in [0.05, 0.1) is 11.7 Å². The molecule has 1 atom stereocenters. The van der Waals surface area contributed by atoms with Gasteiger partial charge in [-0.25, -0.2) is 4.98 Å². The fourth-order valence-corrected chi connectivity index (χ4v) is 2.04. The fraction of sp³-hybridized carbons (Fsp3) is 0.455. The van der Waals surface area contributed by atoms with E-state index in [1.54, 1.807) is 0 Å². The van der Waals surface area contributed by atoms with E-state index in [4.69, 9.17) is 0 Å². The van der Waals surface area contributed by atoms with Crippen LogP contribution in [-0.4, -0.2) is 23.5 Å². The maximum absolute atomic E-state index is 11.8. The van der Waals surface area contributed by atoms with Gasteiger partial charge in [-0.15, -0.1) is 12.4 Å². The molecule has 0 saturated carbocycles. The molecule has 1 aromatic rings. The van der Waals surface area contributed by atoms with Gasteiger partial charge in [0.15, 0.2) is 0 Å². The third-order valence-corrected chi connectivity index (χ3v) is 3.79. The maximum atomic E-state index is 11.8. The molecule has 1 fully saturated rings. The highest BCUT2D eigenvalue weighted by Gasteiger charge is 2.22. The van der Waals surface area contributed by atoms with E-state index in [0.717, 1.165) is 28.7 Å². The van der Waals surface area contributed by atoms with Crippen LogP contribution in [0.25, 0.3) is 0 Å². The molecule has 0 spiro atoms. The topological polar surface area (TPSA) is 54.0 Å². The zero-order valence-corrected chi connectivity index (χ0v) is 12.5. The lowest BCUT2D eigenvalue weighted by atomic mass is 10.2. The van der Waals surface area contributed by atoms with Crippen molar-refractivity contribution in [3.05, 3.63) is 21.4 Å². The van der Waals surface area contributed by atoms with E-state index < -0.39 is 0 Å². The zero-order chi connectivity index (χ0) is 11.5. The zero-order valence-electron chi connectivity index (χ0n) is 9.50. The van der Waals surface area contributed by atoms with Gasteiger partial charge in [-0.3, -0.25) is 4.79 Å². The summed E-state index contributed by atoms with van der Waals surface area (Å²) in [4.78, 5) is 16.1. The molecule has 2 heterocycles. The first-order valence-electron chi connectivity index (χ1n) is 5.34. The molecular weight excluding hydrogens is 352 g/mol. The van der Waals surface area contributed by atoms with Crippen molar-refractivity contribution in [2.24, 2.45) is 0 Å². The van der Waals surface area contributed by atoms with E-state index in [1.807, 2.05) is 19.1 Å². The first-order chi connectivity index (χ1) is 7.66. The number of nitrogens with zero attached hydrogens (tertiary/aromatic N) is 1. The first kappa shape index (κ1) is 14.7. The standard InChI is InChI=1S/C11H14IN3O.ClH/c1-7-8(12)4-5-10(14-7)15-11(16)9-3-2-6-13-9;/h4-5,9,13H,2-3,6H2,1H3,(H,14,15,16);1H. The van der Waals surface area contributed by atoms with Gasteiger partial charge in [0.25, 0.3) is 0 Å². The number of halogens is 2. The van der Waals surface area contributed by atoms with Gasteiger partial charge in [-0.05, 0) is 61.0 Å². The maximum Gasteiger partial charge on any atom is 0.242 e. The number of aromatic nitrogens is 1. The minimum atomic E-state index is -0.0543. The molecular formula is C11H15ClIN3O. The van der Waals surface area contributed by atoms with Crippen LogP contribution in [-0.2, 0) is 4.79 Å². The number of anilines is 1. The lowest BCUT2D eigenvalue weighted by molar-refractivity contribution is -0.117. The van der Waals surface area contributed by atoms with E-state index in [-0.39, 0.29) is 24.4 Å².